The van der Waals surface area contributed by atoms with Crippen LogP contribution in [0.25, 0.3) is 0 Å². The van der Waals surface area contributed by atoms with Gasteiger partial charge in [-0.05, 0) is 30.9 Å². The van der Waals surface area contributed by atoms with E-state index in [0.29, 0.717) is 47.6 Å². The van der Waals surface area contributed by atoms with Crippen LogP contribution in [0.15, 0.2) is 12.1 Å². The van der Waals surface area contributed by atoms with Gasteiger partial charge in [0, 0.05) is 50.1 Å². The molecule has 1 aromatic carbocycles. The van der Waals surface area contributed by atoms with Gasteiger partial charge in [0.2, 0.25) is 5.91 Å². The Kier molecular flexibility index (Phi) is 4.61. The number of rotatable bonds is 3. The molecule has 0 unspecified atom stereocenters. The molecule has 3 heterocycles. The third kappa shape index (κ3) is 3.23. The number of likely N-dealkylation sites (tertiary alicyclic amines) is 1. The van der Waals surface area contributed by atoms with Gasteiger partial charge in [-0.25, -0.2) is 0 Å². The molecular weight excluding hydrogens is 363 g/mol. The molecule has 3 aliphatic heterocycles. The molecule has 0 aliphatic carbocycles. The smallest absolute Gasteiger partial charge is 0.223 e. The topological polar surface area (TPSA) is 64.0 Å². The van der Waals surface area contributed by atoms with E-state index in [9.17, 15) is 15.0 Å². The lowest BCUT2D eigenvalue weighted by molar-refractivity contribution is -0.137. The predicted octanol–water partition coefficient (Wildman–Crippen LogP) is 2.47. The quantitative estimate of drug-likeness (QED) is 0.839. The van der Waals surface area contributed by atoms with Gasteiger partial charge in [0.25, 0.3) is 0 Å². The summed E-state index contributed by atoms with van der Waals surface area (Å²) in [4.78, 5) is 16.7. The Labute approximate surface area is 157 Å². The van der Waals surface area contributed by atoms with Crippen molar-refractivity contribution >= 4 is 29.1 Å². The molecule has 1 amide bonds. The first kappa shape index (κ1) is 17.4. The lowest BCUT2D eigenvalue weighted by atomic mass is 9.87. The van der Waals surface area contributed by atoms with Gasteiger partial charge in [0.05, 0.1) is 16.1 Å². The zero-order chi connectivity index (χ0) is 17.7. The van der Waals surface area contributed by atoms with Crippen molar-refractivity contribution in [2.75, 3.05) is 26.2 Å². The third-order valence-corrected chi connectivity index (χ3v) is 6.59. The summed E-state index contributed by atoms with van der Waals surface area (Å²) in [6.45, 7) is 2.90. The average Bonchev–Trinajstić information content (AvgIpc) is 2.94. The summed E-state index contributed by atoms with van der Waals surface area (Å²) in [6.07, 6.45) is 2.12. The van der Waals surface area contributed by atoms with Gasteiger partial charge in [0.1, 0.15) is 5.75 Å². The molecule has 1 aromatic rings. The van der Waals surface area contributed by atoms with E-state index in [4.69, 9.17) is 23.2 Å². The number of β-amino-alcohol motifs (C(OH)–C–C–N with tert-alkyl or cyclic N) is 1. The number of fused-ring (bicyclic) bond motifs is 1. The van der Waals surface area contributed by atoms with Crippen molar-refractivity contribution in [1.82, 2.24) is 9.80 Å². The van der Waals surface area contributed by atoms with Crippen LogP contribution in [0.5, 0.6) is 5.75 Å². The summed E-state index contributed by atoms with van der Waals surface area (Å²) in [5.74, 6) is 0.688. The van der Waals surface area contributed by atoms with Crippen molar-refractivity contribution in [2.45, 2.75) is 37.3 Å². The number of aliphatic hydroxyl groups is 1. The highest BCUT2D eigenvalue weighted by Gasteiger charge is 2.43. The standard InChI is InChI=1S/C18H22Cl2N2O3/c19-14-1-2-15(24)17(18(14)20)11-5-12-3-10(4-16(25)22(12)7-11)6-21-8-13(23)9-21/h1-2,10-13,23-24H,3-9H2/t10-,11+,12-/m1/s1. The van der Waals surface area contributed by atoms with Crippen LogP contribution in [0.3, 0.4) is 0 Å². The molecule has 4 rings (SSSR count). The van der Waals surface area contributed by atoms with Gasteiger partial charge in [-0.1, -0.05) is 23.2 Å². The number of hydrogen-bond donors (Lipinski definition) is 2. The first-order chi connectivity index (χ1) is 11.9. The Bertz CT molecular complexity index is 693. The molecule has 3 saturated heterocycles. The van der Waals surface area contributed by atoms with E-state index >= 15 is 0 Å². The summed E-state index contributed by atoms with van der Waals surface area (Å²) >= 11 is 12.4. The van der Waals surface area contributed by atoms with Crippen LogP contribution in [-0.2, 0) is 4.79 Å². The molecule has 25 heavy (non-hydrogen) atoms. The maximum Gasteiger partial charge on any atom is 0.223 e. The molecule has 7 heteroatoms. The fraction of sp³-hybridized carbons (Fsp3) is 0.611. The molecular formula is C18H22Cl2N2O3. The Hall–Kier alpha value is -1.01. The van der Waals surface area contributed by atoms with Gasteiger partial charge in [-0.15, -0.1) is 0 Å². The zero-order valence-corrected chi connectivity index (χ0v) is 15.4. The number of hydrogen-bond acceptors (Lipinski definition) is 4. The van der Waals surface area contributed by atoms with Crippen molar-refractivity contribution < 1.29 is 15.0 Å². The minimum Gasteiger partial charge on any atom is -0.508 e. The first-order valence-corrected chi connectivity index (χ1v) is 9.54. The van der Waals surface area contributed by atoms with Crippen molar-refractivity contribution in [1.29, 1.82) is 0 Å². The highest BCUT2D eigenvalue weighted by atomic mass is 35.5. The number of aromatic hydroxyl groups is 1. The van der Waals surface area contributed by atoms with Crippen LogP contribution in [-0.4, -0.2) is 64.2 Å². The van der Waals surface area contributed by atoms with Crippen LogP contribution in [0.1, 0.15) is 30.7 Å². The summed E-state index contributed by atoms with van der Waals surface area (Å²) in [5.41, 5.74) is 0.666. The van der Waals surface area contributed by atoms with Gasteiger partial charge >= 0.3 is 0 Å². The van der Waals surface area contributed by atoms with Gasteiger partial charge < -0.3 is 15.1 Å². The molecule has 0 aromatic heterocycles. The monoisotopic (exact) mass is 384 g/mol. The zero-order valence-electron chi connectivity index (χ0n) is 13.9. The number of piperidine rings is 1. The van der Waals surface area contributed by atoms with Crippen molar-refractivity contribution in [2.24, 2.45) is 5.92 Å². The van der Waals surface area contributed by atoms with Crippen molar-refractivity contribution in [3.05, 3.63) is 27.7 Å². The maximum atomic E-state index is 12.6. The Morgan fingerprint density at radius 1 is 1.16 bits per heavy atom. The van der Waals surface area contributed by atoms with E-state index in [-0.39, 0.29) is 29.7 Å². The third-order valence-electron chi connectivity index (χ3n) is 5.78. The van der Waals surface area contributed by atoms with Crippen LogP contribution >= 0.6 is 23.2 Å². The Morgan fingerprint density at radius 3 is 2.64 bits per heavy atom. The van der Waals surface area contributed by atoms with Crippen LogP contribution in [0.4, 0.5) is 0 Å². The van der Waals surface area contributed by atoms with Gasteiger partial charge in [0.15, 0.2) is 0 Å². The maximum absolute atomic E-state index is 12.6. The second kappa shape index (κ2) is 6.62. The fourth-order valence-electron chi connectivity index (χ4n) is 4.63. The largest absolute Gasteiger partial charge is 0.508 e. The van der Waals surface area contributed by atoms with Gasteiger partial charge in [-0.2, -0.15) is 0 Å². The van der Waals surface area contributed by atoms with Crippen molar-refractivity contribution in [3.8, 4) is 5.75 Å². The molecule has 3 aliphatic rings. The number of phenolic OH excluding ortho intramolecular Hbond substituents is 1. The lowest BCUT2D eigenvalue weighted by Gasteiger charge is -2.41. The lowest BCUT2D eigenvalue weighted by Crippen LogP contribution is -2.54. The number of carbonyl (C=O) groups excluding carboxylic acids is 1. The number of amides is 1. The molecule has 2 N–H and O–H groups in total. The van der Waals surface area contributed by atoms with E-state index in [1.807, 2.05) is 4.90 Å². The molecule has 0 radical (unpaired) electrons. The highest BCUT2D eigenvalue weighted by Crippen LogP contribution is 2.45. The Morgan fingerprint density at radius 2 is 1.92 bits per heavy atom. The van der Waals surface area contributed by atoms with Crippen LogP contribution < -0.4 is 0 Å². The molecule has 5 nitrogen and oxygen atoms in total. The molecule has 3 atom stereocenters. The molecule has 136 valence electrons. The van der Waals surface area contributed by atoms with Crippen molar-refractivity contribution in [3.63, 3.8) is 0 Å². The number of aliphatic hydroxyl groups excluding tert-OH is 1. The average molecular weight is 385 g/mol. The normalized spacial score (nSPS) is 30.4. The number of halogens is 2. The summed E-state index contributed by atoms with van der Waals surface area (Å²) in [5, 5.41) is 20.5. The summed E-state index contributed by atoms with van der Waals surface area (Å²) in [6, 6.07) is 3.35. The molecule has 0 bridgehead atoms. The van der Waals surface area contributed by atoms with E-state index in [1.54, 1.807) is 12.1 Å². The second-order valence-corrected chi connectivity index (χ2v) is 8.39. The Balaban J connectivity index is 1.47. The fourth-order valence-corrected chi connectivity index (χ4v) is 5.11. The number of carbonyl (C=O) groups is 1. The van der Waals surface area contributed by atoms with E-state index < -0.39 is 0 Å². The highest BCUT2D eigenvalue weighted by molar-refractivity contribution is 6.42. The van der Waals surface area contributed by atoms with Gasteiger partial charge in [-0.3, -0.25) is 9.69 Å². The number of benzene rings is 1. The summed E-state index contributed by atoms with van der Waals surface area (Å²) < 4.78 is 0. The summed E-state index contributed by atoms with van der Waals surface area (Å²) in [7, 11) is 0. The van der Waals surface area contributed by atoms with Crippen LogP contribution in [0, 0.1) is 5.92 Å². The van der Waals surface area contributed by atoms with Crippen LogP contribution in [0.2, 0.25) is 10.0 Å². The minimum absolute atomic E-state index is 0.0183. The van der Waals surface area contributed by atoms with E-state index in [2.05, 4.69) is 4.90 Å². The first-order valence-electron chi connectivity index (χ1n) is 8.79. The second-order valence-electron chi connectivity index (χ2n) is 7.60. The molecule has 0 saturated carbocycles. The molecule has 0 spiro atoms. The predicted molar refractivity (Wildman–Crippen MR) is 96.2 cm³/mol. The van der Waals surface area contributed by atoms with E-state index in [0.717, 1.165) is 19.4 Å². The number of phenols is 1. The number of nitrogens with zero attached hydrogens (tertiary/aromatic N) is 2. The molecule has 3 fully saturated rings. The SMILES string of the molecule is O=C1C[C@H](CN2CC(O)C2)C[C@@H]2C[C@H](c3c(O)ccc(Cl)c3Cl)CN12. The minimum atomic E-state index is -0.209. The van der Waals surface area contributed by atoms with E-state index in [1.165, 1.54) is 0 Å².